The number of pyridine rings is 1. The summed E-state index contributed by atoms with van der Waals surface area (Å²) in [5.74, 6) is 0. The summed E-state index contributed by atoms with van der Waals surface area (Å²) in [5, 5.41) is 20.1. The second-order valence-corrected chi connectivity index (χ2v) is 5.87. The predicted octanol–water partition coefficient (Wildman–Crippen LogP) is 3.37. The molecule has 0 N–H and O–H groups in total. The maximum atomic E-state index is 12.6. The van der Waals surface area contributed by atoms with Crippen molar-refractivity contribution in [3.05, 3.63) is 81.0 Å². The van der Waals surface area contributed by atoms with Gasteiger partial charge in [-0.25, -0.2) is 0 Å². The minimum atomic E-state index is -0.319. The van der Waals surface area contributed by atoms with Crippen LogP contribution in [0.3, 0.4) is 0 Å². The lowest BCUT2D eigenvalue weighted by molar-refractivity contribution is 0.767. The van der Waals surface area contributed by atoms with Crippen LogP contribution in [-0.2, 0) is 6.54 Å². The Balaban J connectivity index is 2.15. The molecule has 0 saturated carbocycles. The standard InChI is InChI=1S/C18H11N3OS/c19-10-13-3-1-4-14(9-13)12-21-16(17-5-2-8-23-17)7-6-15(11-20)18(21)22/h1-9H,12H2. The van der Waals surface area contributed by atoms with E-state index in [-0.39, 0.29) is 11.1 Å². The van der Waals surface area contributed by atoms with E-state index in [1.807, 2.05) is 29.6 Å². The number of nitrogens with zero attached hydrogens (tertiary/aromatic N) is 3. The largest absolute Gasteiger partial charge is 0.302 e. The molecule has 2 aromatic heterocycles. The molecule has 0 atom stereocenters. The molecule has 0 saturated heterocycles. The highest BCUT2D eigenvalue weighted by atomic mass is 32.1. The summed E-state index contributed by atoms with van der Waals surface area (Å²) in [7, 11) is 0. The van der Waals surface area contributed by atoms with Crippen molar-refractivity contribution in [3.63, 3.8) is 0 Å². The quantitative estimate of drug-likeness (QED) is 0.743. The third-order valence-electron chi connectivity index (χ3n) is 3.47. The van der Waals surface area contributed by atoms with Gasteiger partial charge in [-0.15, -0.1) is 11.3 Å². The molecule has 0 aliphatic carbocycles. The van der Waals surface area contributed by atoms with Gasteiger partial charge in [0.2, 0.25) is 0 Å². The van der Waals surface area contributed by atoms with Crippen molar-refractivity contribution in [2.75, 3.05) is 0 Å². The molecule has 110 valence electrons. The van der Waals surface area contributed by atoms with Crippen LogP contribution >= 0.6 is 11.3 Å². The molecule has 5 heteroatoms. The fourth-order valence-electron chi connectivity index (χ4n) is 2.38. The zero-order chi connectivity index (χ0) is 16.2. The molecular weight excluding hydrogens is 306 g/mol. The average Bonchev–Trinajstić information content (AvgIpc) is 3.11. The van der Waals surface area contributed by atoms with Gasteiger partial charge in [0, 0.05) is 0 Å². The van der Waals surface area contributed by atoms with Gasteiger partial charge in [-0.2, -0.15) is 10.5 Å². The summed E-state index contributed by atoms with van der Waals surface area (Å²) in [5.41, 5.74) is 1.96. The van der Waals surface area contributed by atoms with Crippen molar-refractivity contribution in [1.29, 1.82) is 10.5 Å². The number of nitriles is 2. The van der Waals surface area contributed by atoms with E-state index in [2.05, 4.69) is 6.07 Å². The van der Waals surface area contributed by atoms with Crippen LogP contribution in [-0.4, -0.2) is 4.57 Å². The Labute approximate surface area is 137 Å². The van der Waals surface area contributed by atoms with Gasteiger partial charge in [-0.3, -0.25) is 4.79 Å². The Hall–Kier alpha value is -3.15. The lowest BCUT2D eigenvalue weighted by Crippen LogP contribution is -2.24. The topological polar surface area (TPSA) is 69.6 Å². The Kier molecular flexibility index (Phi) is 4.05. The zero-order valence-corrected chi connectivity index (χ0v) is 12.9. The van der Waals surface area contributed by atoms with Crippen molar-refractivity contribution >= 4 is 11.3 Å². The van der Waals surface area contributed by atoms with E-state index in [0.29, 0.717) is 12.1 Å². The fourth-order valence-corrected chi connectivity index (χ4v) is 3.14. The molecule has 0 bridgehead atoms. The molecule has 0 radical (unpaired) electrons. The van der Waals surface area contributed by atoms with E-state index in [9.17, 15) is 4.79 Å². The van der Waals surface area contributed by atoms with Crippen LogP contribution in [0.5, 0.6) is 0 Å². The Morgan fingerprint density at radius 3 is 2.61 bits per heavy atom. The number of rotatable bonds is 3. The summed E-state index contributed by atoms with van der Waals surface area (Å²) < 4.78 is 1.58. The van der Waals surface area contributed by atoms with Crippen LogP contribution in [0.2, 0.25) is 0 Å². The smallest absolute Gasteiger partial charge is 0.269 e. The molecule has 0 unspecified atom stereocenters. The Bertz CT molecular complexity index is 988. The molecule has 1 aromatic carbocycles. The molecule has 0 aliphatic heterocycles. The second-order valence-electron chi connectivity index (χ2n) is 4.92. The van der Waals surface area contributed by atoms with E-state index < -0.39 is 0 Å². The number of thiophene rings is 1. The highest BCUT2D eigenvalue weighted by Gasteiger charge is 2.12. The minimum Gasteiger partial charge on any atom is -0.302 e. The van der Waals surface area contributed by atoms with Crippen LogP contribution in [0.25, 0.3) is 10.6 Å². The van der Waals surface area contributed by atoms with E-state index in [1.165, 1.54) is 11.3 Å². The molecule has 23 heavy (non-hydrogen) atoms. The van der Waals surface area contributed by atoms with Crippen molar-refractivity contribution in [2.45, 2.75) is 6.54 Å². The molecule has 0 aliphatic rings. The molecule has 4 nitrogen and oxygen atoms in total. The SMILES string of the molecule is N#Cc1cccc(Cn2c(-c3cccs3)ccc(C#N)c2=O)c1. The Morgan fingerprint density at radius 1 is 1.04 bits per heavy atom. The van der Waals surface area contributed by atoms with Crippen LogP contribution in [0, 0.1) is 22.7 Å². The molecule has 3 aromatic rings. The number of benzene rings is 1. The second kappa shape index (κ2) is 6.31. The van der Waals surface area contributed by atoms with Crippen molar-refractivity contribution in [2.24, 2.45) is 0 Å². The first-order chi connectivity index (χ1) is 11.2. The van der Waals surface area contributed by atoms with Crippen LogP contribution in [0.4, 0.5) is 0 Å². The molecule has 2 heterocycles. The number of hydrogen-bond acceptors (Lipinski definition) is 4. The third-order valence-corrected chi connectivity index (χ3v) is 4.36. The molecule has 0 fully saturated rings. The monoisotopic (exact) mass is 317 g/mol. The van der Waals surface area contributed by atoms with Gasteiger partial charge in [0.05, 0.1) is 28.7 Å². The number of aromatic nitrogens is 1. The lowest BCUT2D eigenvalue weighted by atomic mass is 10.1. The van der Waals surface area contributed by atoms with Gasteiger partial charge >= 0.3 is 0 Å². The highest BCUT2D eigenvalue weighted by Crippen LogP contribution is 2.24. The zero-order valence-electron chi connectivity index (χ0n) is 12.1. The predicted molar refractivity (Wildman–Crippen MR) is 89.0 cm³/mol. The summed E-state index contributed by atoms with van der Waals surface area (Å²) in [4.78, 5) is 13.5. The summed E-state index contributed by atoms with van der Waals surface area (Å²) in [6.07, 6.45) is 0. The maximum Gasteiger partial charge on any atom is 0.269 e. The summed E-state index contributed by atoms with van der Waals surface area (Å²) in [6, 6.07) is 18.4. The van der Waals surface area contributed by atoms with E-state index in [1.54, 1.807) is 34.9 Å². The van der Waals surface area contributed by atoms with Gasteiger partial charge in [-0.1, -0.05) is 18.2 Å². The fraction of sp³-hybridized carbons (Fsp3) is 0.0556. The van der Waals surface area contributed by atoms with E-state index >= 15 is 0 Å². The van der Waals surface area contributed by atoms with Crippen LogP contribution < -0.4 is 5.56 Å². The van der Waals surface area contributed by atoms with Gasteiger partial charge in [0.1, 0.15) is 11.6 Å². The molecular formula is C18H11N3OS. The first kappa shape index (κ1) is 14.8. The van der Waals surface area contributed by atoms with E-state index in [4.69, 9.17) is 10.5 Å². The normalized spacial score (nSPS) is 10.0. The molecule has 3 rings (SSSR count). The minimum absolute atomic E-state index is 0.113. The van der Waals surface area contributed by atoms with Gasteiger partial charge in [0.25, 0.3) is 5.56 Å². The third kappa shape index (κ3) is 2.91. The summed E-state index contributed by atoms with van der Waals surface area (Å²) in [6.45, 7) is 0.317. The van der Waals surface area contributed by atoms with Crippen LogP contribution in [0.15, 0.2) is 58.7 Å². The Morgan fingerprint density at radius 2 is 1.91 bits per heavy atom. The first-order valence-corrected chi connectivity index (χ1v) is 7.78. The van der Waals surface area contributed by atoms with Gasteiger partial charge in [0.15, 0.2) is 0 Å². The van der Waals surface area contributed by atoms with Gasteiger partial charge in [-0.05, 0) is 41.3 Å². The highest BCUT2D eigenvalue weighted by molar-refractivity contribution is 7.13. The molecule has 0 amide bonds. The number of hydrogen-bond donors (Lipinski definition) is 0. The van der Waals surface area contributed by atoms with Gasteiger partial charge < -0.3 is 4.57 Å². The van der Waals surface area contributed by atoms with Crippen molar-refractivity contribution < 1.29 is 0 Å². The first-order valence-electron chi connectivity index (χ1n) is 6.90. The van der Waals surface area contributed by atoms with Crippen LogP contribution in [0.1, 0.15) is 16.7 Å². The van der Waals surface area contributed by atoms with E-state index in [0.717, 1.165) is 16.1 Å². The van der Waals surface area contributed by atoms with Crippen molar-refractivity contribution in [1.82, 2.24) is 4.57 Å². The lowest BCUT2D eigenvalue weighted by Gasteiger charge is -2.12. The maximum absolute atomic E-state index is 12.6. The summed E-state index contributed by atoms with van der Waals surface area (Å²) >= 11 is 1.54. The van der Waals surface area contributed by atoms with Crippen molar-refractivity contribution in [3.8, 4) is 22.7 Å². The molecule has 0 spiro atoms. The average molecular weight is 317 g/mol.